The highest BCUT2D eigenvalue weighted by Gasteiger charge is 2.54. The van der Waals surface area contributed by atoms with Crippen LogP contribution in [0.15, 0.2) is 90.0 Å². The fraction of sp³-hybridized carbons (Fsp3) is 0.0435. The van der Waals surface area contributed by atoms with Gasteiger partial charge in [-0.1, -0.05) is 84.9 Å². The first kappa shape index (κ1) is 19.1. The Morgan fingerprint density at radius 2 is 1.40 bits per heavy atom. The lowest BCUT2D eigenvalue weighted by Gasteiger charge is -2.27. The normalized spacial score (nSPS) is 15.4. The topological polar surface area (TPSA) is 102 Å². The molecule has 3 aromatic carbocycles. The van der Waals surface area contributed by atoms with E-state index < -0.39 is 23.4 Å². The van der Waals surface area contributed by atoms with Crippen molar-refractivity contribution in [1.82, 2.24) is 10.3 Å². The summed E-state index contributed by atoms with van der Waals surface area (Å²) in [5.41, 5.74) is 0.387. The van der Waals surface area contributed by atoms with Gasteiger partial charge in [-0.05, 0) is 22.3 Å². The molecule has 0 aliphatic carbocycles. The van der Waals surface area contributed by atoms with Crippen molar-refractivity contribution < 1.29 is 19.5 Å². The van der Waals surface area contributed by atoms with E-state index in [0.29, 0.717) is 16.7 Å². The summed E-state index contributed by atoms with van der Waals surface area (Å²) in [6.07, 6.45) is 1.32. The highest BCUT2D eigenvalue weighted by Crippen LogP contribution is 2.36. The van der Waals surface area contributed by atoms with Crippen molar-refractivity contribution in [2.75, 3.05) is 0 Å². The average Bonchev–Trinajstić information content (AvgIpc) is 3.04. The van der Waals surface area contributed by atoms with Gasteiger partial charge in [-0.15, -0.1) is 5.01 Å². The summed E-state index contributed by atoms with van der Waals surface area (Å²) in [7, 11) is 0. The van der Waals surface area contributed by atoms with Crippen LogP contribution in [-0.4, -0.2) is 29.1 Å². The summed E-state index contributed by atoms with van der Waals surface area (Å²) in [6, 6.07) is 23.0. The van der Waals surface area contributed by atoms with E-state index in [1.165, 1.54) is 30.5 Å². The van der Waals surface area contributed by atoms with Crippen molar-refractivity contribution in [3.63, 3.8) is 0 Å². The van der Waals surface area contributed by atoms with Gasteiger partial charge in [0.05, 0.1) is 12.2 Å². The third-order valence-corrected chi connectivity index (χ3v) is 4.88. The van der Waals surface area contributed by atoms with Crippen LogP contribution in [0, 0.1) is 0 Å². The lowest BCUT2D eigenvalue weighted by Crippen LogP contribution is -2.44. The number of carbonyl (C=O) groups is 3. The number of urea groups is 1. The minimum Gasteiger partial charge on any atom is -0.545 e. The second-order valence-electron chi connectivity index (χ2n) is 6.68. The SMILES string of the molecule is O=C([O-])c1ccc(/C=N\N2C(=O)NC(c3ccccc3)(c3ccccc3)C2=O)cc1. The third kappa shape index (κ3) is 3.22. The van der Waals surface area contributed by atoms with Gasteiger partial charge < -0.3 is 15.2 Å². The Labute approximate surface area is 172 Å². The summed E-state index contributed by atoms with van der Waals surface area (Å²) in [6.45, 7) is 0. The van der Waals surface area contributed by atoms with E-state index in [0.717, 1.165) is 5.01 Å². The molecule has 148 valence electrons. The van der Waals surface area contributed by atoms with Crippen molar-refractivity contribution in [3.05, 3.63) is 107 Å². The standard InChI is InChI=1S/C23H17N3O4/c27-20(28)17-13-11-16(12-14-17)15-24-26-21(29)23(25-22(26)30,18-7-3-1-4-8-18)19-9-5-2-6-10-19/h1-15H,(H,25,30)(H,27,28)/p-1/b24-15-. The van der Waals surface area contributed by atoms with Crippen LogP contribution in [0.5, 0.6) is 0 Å². The molecule has 7 heteroatoms. The highest BCUT2D eigenvalue weighted by atomic mass is 16.4. The van der Waals surface area contributed by atoms with Crippen molar-refractivity contribution in [2.45, 2.75) is 5.54 Å². The number of carboxylic acid groups (broad SMARTS) is 1. The van der Waals surface area contributed by atoms with Gasteiger partial charge in [-0.2, -0.15) is 5.10 Å². The maximum atomic E-state index is 13.4. The number of carboxylic acids is 1. The van der Waals surface area contributed by atoms with Gasteiger partial charge in [0.15, 0.2) is 5.54 Å². The first-order chi connectivity index (χ1) is 14.5. The van der Waals surface area contributed by atoms with Gasteiger partial charge in [0.1, 0.15) is 0 Å². The fourth-order valence-corrected chi connectivity index (χ4v) is 3.39. The lowest BCUT2D eigenvalue weighted by molar-refractivity contribution is -0.255. The molecule has 0 bridgehead atoms. The molecule has 1 aliphatic rings. The molecule has 1 saturated heterocycles. The monoisotopic (exact) mass is 398 g/mol. The number of benzene rings is 3. The second kappa shape index (κ2) is 7.63. The van der Waals surface area contributed by atoms with E-state index in [4.69, 9.17) is 0 Å². The molecule has 0 radical (unpaired) electrons. The van der Waals surface area contributed by atoms with Gasteiger partial charge in [0.25, 0.3) is 5.91 Å². The summed E-state index contributed by atoms with van der Waals surface area (Å²) >= 11 is 0. The van der Waals surface area contributed by atoms with Crippen LogP contribution in [0.4, 0.5) is 4.79 Å². The molecule has 1 heterocycles. The van der Waals surface area contributed by atoms with Gasteiger partial charge in [-0.25, -0.2) is 4.79 Å². The Morgan fingerprint density at radius 1 is 0.867 bits per heavy atom. The molecular formula is C23H16N3O4-. The highest BCUT2D eigenvalue weighted by molar-refractivity contribution is 6.10. The predicted molar refractivity (Wildman–Crippen MR) is 107 cm³/mol. The Bertz CT molecular complexity index is 1090. The number of rotatable bonds is 5. The average molecular weight is 398 g/mol. The second-order valence-corrected chi connectivity index (χ2v) is 6.68. The Morgan fingerprint density at radius 3 is 1.90 bits per heavy atom. The van der Waals surface area contributed by atoms with Crippen molar-refractivity contribution in [2.24, 2.45) is 5.10 Å². The Hall–Kier alpha value is -4.26. The largest absolute Gasteiger partial charge is 0.545 e. The van der Waals surface area contributed by atoms with E-state index in [-0.39, 0.29) is 5.56 Å². The summed E-state index contributed by atoms with van der Waals surface area (Å²) < 4.78 is 0. The molecule has 1 aliphatic heterocycles. The van der Waals surface area contributed by atoms with Crippen molar-refractivity contribution in [1.29, 1.82) is 0 Å². The molecule has 4 rings (SSSR count). The molecule has 0 saturated carbocycles. The number of amides is 3. The van der Waals surface area contributed by atoms with Crippen LogP contribution in [0.1, 0.15) is 27.0 Å². The van der Waals surface area contributed by atoms with E-state index in [1.807, 2.05) is 12.1 Å². The molecular weight excluding hydrogens is 382 g/mol. The molecule has 0 unspecified atom stereocenters. The van der Waals surface area contributed by atoms with Gasteiger partial charge in [0, 0.05) is 0 Å². The lowest BCUT2D eigenvalue weighted by atomic mass is 9.83. The van der Waals surface area contributed by atoms with E-state index >= 15 is 0 Å². The Kier molecular flexibility index (Phi) is 4.85. The van der Waals surface area contributed by atoms with Crippen LogP contribution >= 0.6 is 0 Å². The molecule has 3 amide bonds. The zero-order chi connectivity index (χ0) is 21.1. The van der Waals surface area contributed by atoms with Gasteiger partial charge in [0.2, 0.25) is 0 Å². The van der Waals surface area contributed by atoms with Crippen LogP contribution in [-0.2, 0) is 10.3 Å². The van der Waals surface area contributed by atoms with Crippen LogP contribution in [0.25, 0.3) is 0 Å². The fourth-order valence-electron chi connectivity index (χ4n) is 3.39. The number of nitrogens with one attached hydrogen (secondary N) is 1. The van der Waals surface area contributed by atoms with E-state index in [9.17, 15) is 19.5 Å². The van der Waals surface area contributed by atoms with E-state index in [1.54, 1.807) is 48.5 Å². The Balaban J connectivity index is 1.71. The molecule has 1 fully saturated rings. The minimum absolute atomic E-state index is 0.0225. The number of nitrogens with zero attached hydrogens (tertiary/aromatic N) is 2. The van der Waals surface area contributed by atoms with Crippen LogP contribution < -0.4 is 10.4 Å². The summed E-state index contributed by atoms with van der Waals surface area (Å²) in [5, 5.41) is 18.5. The van der Waals surface area contributed by atoms with Crippen LogP contribution in [0.2, 0.25) is 0 Å². The summed E-state index contributed by atoms with van der Waals surface area (Å²) in [4.78, 5) is 37.0. The number of hydrogen-bond acceptors (Lipinski definition) is 5. The quantitative estimate of drug-likeness (QED) is 0.524. The first-order valence-electron chi connectivity index (χ1n) is 9.15. The molecule has 30 heavy (non-hydrogen) atoms. The number of aromatic carboxylic acids is 1. The molecule has 0 aromatic heterocycles. The maximum Gasteiger partial charge on any atom is 0.346 e. The first-order valence-corrected chi connectivity index (χ1v) is 9.15. The number of imide groups is 1. The molecule has 3 aromatic rings. The van der Waals surface area contributed by atoms with Gasteiger partial charge in [-0.3, -0.25) is 4.79 Å². The molecule has 0 spiro atoms. The van der Waals surface area contributed by atoms with E-state index in [2.05, 4.69) is 10.4 Å². The zero-order valence-electron chi connectivity index (χ0n) is 15.7. The third-order valence-electron chi connectivity index (χ3n) is 4.88. The summed E-state index contributed by atoms with van der Waals surface area (Å²) in [5.74, 6) is -1.82. The molecule has 1 N–H and O–H groups in total. The van der Waals surface area contributed by atoms with Crippen LogP contribution in [0.3, 0.4) is 0 Å². The number of hydrogen-bond donors (Lipinski definition) is 1. The number of carbonyl (C=O) groups excluding carboxylic acids is 3. The molecule has 7 nitrogen and oxygen atoms in total. The number of hydrazone groups is 1. The van der Waals surface area contributed by atoms with Crippen molar-refractivity contribution in [3.8, 4) is 0 Å². The van der Waals surface area contributed by atoms with Gasteiger partial charge >= 0.3 is 6.03 Å². The maximum absolute atomic E-state index is 13.4. The smallest absolute Gasteiger partial charge is 0.346 e. The predicted octanol–water partition coefficient (Wildman–Crippen LogP) is 1.88. The molecule has 0 atom stereocenters. The zero-order valence-corrected chi connectivity index (χ0v) is 15.7. The minimum atomic E-state index is -1.39. The van der Waals surface area contributed by atoms with Crippen molar-refractivity contribution >= 4 is 24.1 Å².